The highest BCUT2D eigenvalue weighted by molar-refractivity contribution is 4.80. The van der Waals surface area contributed by atoms with E-state index in [0.717, 1.165) is 26.4 Å². The molecule has 0 aromatic heterocycles. The predicted molar refractivity (Wildman–Crippen MR) is 108 cm³/mol. The molecule has 3 heterocycles. The average molecular weight is 367 g/mol. The zero-order chi connectivity index (χ0) is 17.9. The summed E-state index contributed by atoms with van der Waals surface area (Å²) >= 11 is 0. The fourth-order valence-electron chi connectivity index (χ4n) is 4.94. The van der Waals surface area contributed by atoms with Crippen molar-refractivity contribution >= 4 is 0 Å². The molecule has 3 rings (SSSR count). The lowest BCUT2D eigenvalue weighted by Gasteiger charge is -2.25. The third-order valence-electron chi connectivity index (χ3n) is 6.59. The van der Waals surface area contributed by atoms with Crippen LogP contribution < -0.4 is 0 Å². The molecule has 0 aromatic carbocycles. The van der Waals surface area contributed by atoms with Gasteiger partial charge in [0.25, 0.3) is 0 Å². The van der Waals surface area contributed by atoms with Crippen LogP contribution in [0.25, 0.3) is 0 Å². The van der Waals surface area contributed by atoms with Gasteiger partial charge in [0.2, 0.25) is 0 Å². The lowest BCUT2D eigenvalue weighted by Crippen LogP contribution is -2.34. The molecule has 4 nitrogen and oxygen atoms in total. The summed E-state index contributed by atoms with van der Waals surface area (Å²) in [6, 6.07) is 1.39. The Hall–Kier alpha value is -0.160. The SMILES string of the molecule is C1CCCOC[C@H]2CCCN2CCCCCCN2CCC[C@@H]2COCC1. The summed E-state index contributed by atoms with van der Waals surface area (Å²) in [5, 5.41) is 0. The first-order valence-corrected chi connectivity index (χ1v) is 11.6. The van der Waals surface area contributed by atoms with Crippen LogP contribution in [0.4, 0.5) is 0 Å². The minimum Gasteiger partial charge on any atom is -0.380 e. The number of nitrogens with zero attached hydrogens (tertiary/aromatic N) is 2. The second kappa shape index (κ2) is 12.3. The third-order valence-corrected chi connectivity index (χ3v) is 6.59. The van der Waals surface area contributed by atoms with Gasteiger partial charge in [0.15, 0.2) is 0 Å². The van der Waals surface area contributed by atoms with Gasteiger partial charge in [-0.3, -0.25) is 9.80 Å². The topological polar surface area (TPSA) is 24.9 Å². The van der Waals surface area contributed by atoms with Crippen molar-refractivity contribution < 1.29 is 9.47 Å². The Morgan fingerprint density at radius 3 is 1.38 bits per heavy atom. The molecule has 0 unspecified atom stereocenters. The molecule has 4 heteroatoms. The minimum atomic E-state index is 0.694. The molecule has 0 N–H and O–H groups in total. The summed E-state index contributed by atoms with van der Waals surface area (Å²) in [6.45, 7) is 8.97. The Bertz CT molecular complexity index is 332. The quantitative estimate of drug-likeness (QED) is 0.645. The van der Waals surface area contributed by atoms with Gasteiger partial charge in [-0.2, -0.15) is 0 Å². The predicted octanol–water partition coefficient (Wildman–Crippen LogP) is 4.08. The second-order valence-corrected chi connectivity index (χ2v) is 8.64. The highest BCUT2D eigenvalue weighted by atomic mass is 16.5. The molecule has 152 valence electrons. The molecule has 3 aliphatic heterocycles. The van der Waals surface area contributed by atoms with Crippen LogP contribution in [-0.2, 0) is 9.47 Å². The lowest BCUT2D eigenvalue weighted by atomic mass is 10.1. The summed E-state index contributed by atoms with van der Waals surface area (Å²) in [5.41, 5.74) is 0. The maximum absolute atomic E-state index is 6.00. The van der Waals surface area contributed by atoms with Gasteiger partial charge >= 0.3 is 0 Å². The molecule has 3 fully saturated rings. The van der Waals surface area contributed by atoms with E-state index in [2.05, 4.69) is 9.80 Å². The monoisotopic (exact) mass is 366 g/mol. The van der Waals surface area contributed by atoms with E-state index in [1.54, 1.807) is 0 Å². The van der Waals surface area contributed by atoms with E-state index in [1.807, 2.05) is 0 Å². The van der Waals surface area contributed by atoms with E-state index in [9.17, 15) is 0 Å². The van der Waals surface area contributed by atoms with Gasteiger partial charge in [-0.05, 0) is 77.5 Å². The fraction of sp³-hybridized carbons (Fsp3) is 1.00. The van der Waals surface area contributed by atoms with Crippen molar-refractivity contribution in [2.45, 2.75) is 89.1 Å². The molecule has 0 spiro atoms. The van der Waals surface area contributed by atoms with E-state index in [4.69, 9.17) is 9.47 Å². The highest BCUT2D eigenvalue weighted by Crippen LogP contribution is 2.20. The Kier molecular flexibility index (Phi) is 9.75. The van der Waals surface area contributed by atoms with Crippen molar-refractivity contribution in [3.05, 3.63) is 0 Å². The molecule has 0 bridgehead atoms. The molecule has 2 atom stereocenters. The van der Waals surface area contributed by atoms with Crippen molar-refractivity contribution in [2.75, 3.05) is 52.6 Å². The standard InChI is InChI=1S/C22H42N2O2/c1-2-6-14-24-16-10-12-22(24)20-26-18-8-4-3-7-17-25-19-21-11-9-15-23(21)13-5-1/h21-22H,1-20H2/t21-,22-/m1/s1. The normalized spacial score (nSPS) is 32.8. The summed E-state index contributed by atoms with van der Waals surface area (Å²) in [6.07, 6.45) is 15.9. The van der Waals surface area contributed by atoms with Gasteiger partial charge in [0, 0.05) is 25.3 Å². The van der Waals surface area contributed by atoms with Crippen LogP contribution in [0.15, 0.2) is 0 Å². The van der Waals surface area contributed by atoms with E-state index in [0.29, 0.717) is 12.1 Å². The van der Waals surface area contributed by atoms with Crippen LogP contribution in [0.5, 0.6) is 0 Å². The highest BCUT2D eigenvalue weighted by Gasteiger charge is 2.25. The number of hydrogen-bond acceptors (Lipinski definition) is 4. The second-order valence-electron chi connectivity index (χ2n) is 8.64. The van der Waals surface area contributed by atoms with Crippen LogP contribution in [0.3, 0.4) is 0 Å². The summed E-state index contributed by atoms with van der Waals surface area (Å²) in [7, 11) is 0. The molecular formula is C22H42N2O2. The molecule has 0 saturated carbocycles. The Morgan fingerprint density at radius 1 is 0.462 bits per heavy atom. The van der Waals surface area contributed by atoms with Crippen LogP contribution in [0.2, 0.25) is 0 Å². The van der Waals surface area contributed by atoms with Gasteiger partial charge in [-0.15, -0.1) is 0 Å². The van der Waals surface area contributed by atoms with Crippen molar-refractivity contribution in [3.8, 4) is 0 Å². The lowest BCUT2D eigenvalue weighted by molar-refractivity contribution is 0.0674. The third kappa shape index (κ3) is 7.10. The molecule has 0 amide bonds. The smallest absolute Gasteiger partial charge is 0.0621 e. The summed E-state index contributed by atoms with van der Waals surface area (Å²) in [5.74, 6) is 0. The van der Waals surface area contributed by atoms with Gasteiger partial charge < -0.3 is 9.47 Å². The summed E-state index contributed by atoms with van der Waals surface area (Å²) < 4.78 is 12.0. The fourth-order valence-corrected chi connectivity index (χ4v) is 4.94. The number of fused-ring (bicyclic) bond motifs is 2. The van der Waals surface area contributed by atoms with Crippen molar-refractivity contribution in [1.29, 1.82) is 0 Å². The van der Waals surface area contributed by atoms with E-state index >= 15 is 0 Å². The Morgan fingerprint density at radius 2 is 0.885 bits per heavy atom. The average Bonchev–Trinajstić information content (AvgIpc) is 3.28. The number of ether oxygens (including phenoxy) is 2. The molecule has 26 heavy (non-hydrogen) atoms. The Labute approximate surface area is 161 Å². The first kappa shape index (κ1) is 20.6. The van der Waals surface area contributed by atoms with E-state index in [1.165, 1.54) is 103 Å². The van der Waals surface area contributed by atoms with Crippen molar-refractivity contribution in [1.82, 2.24) is 9.80 Å². The van der Waals surface area contributed by atoms with Crippen molar-refractivity contribution in [2.24, 2.45) is 0 Å². The van der Waals surface area contributed by atoms with Gasteiger partial charge in [-0.25, -0.2) is 0 Å². The molecular weight excluding hydrogens is 324 g/mol. The minimum absolute atomic E-state index is 0.694. The first-order chi connectivity index (χ1) is 12.9. The maximum atomic E-state index is 6.00. The molecule has 0 radical (unpaired) electrons. The van der Waals surface area contributed by atoms with Gasteiger partial charge in [0.05, 0.1) is 13.2 Å². The molecule has 3 saturated heterocycles. The zero-order valence-corrected chi connectivity index (χ0v) is 17.0. The van der Waals surface area contributed by atoms with E-state index < -0.39 is 0 Å². The van der Waals surface area contributed by atoms with Crippen LogP contribution >= 0.6 is 0 Å². The van der Waals surface area contributed by atoms with Gasteiger partial charge in [0.1, 0.15) is 0 Å². The maximum Gasteiger partial charge on any atom is 0.0621 e. The molecule has 0 aliphatic carbocycles. The van der Waals surface area contributed by atoms with Gasteiger partial charge in [-0.1, -0.05) is 25.7 Å². The van der Waals surface area contributed by atoms with Crippen LogP contribution in [0.1, 0.15) is 77.0 Å². The largest absolute Gasteiger partial charge is 0.380 e. The van der Waals surface area contributed by atoms with E-state index in [-0.39, 0.29) is 0 Å². The first-order valence-electron chi connectivity index (χ1n) is 11.6. The number of rotatable bonds is 0. The summed E-state index contributed by atoms with van der Waals surface area (Å²) in [4.78, 5) is 5.40. The Balaban J connectivity index is 1.40. The molecule has 0 aromatic rings. The van der Waals surface area contributed by atoms with Crippen LogP contribution in [0, 0.1) is 0 Å². The zero-order valence-electron chi connectivity index (χ0n) is 17.0. The van der Waals surface area contributed by atoms with Crippen molar-refractivity contribution in [3.63, 3.8) is 0 Å². The van der Waals surface area contributed by atoms with Crippen LogP contribution in [-0.4, -0.2) is 74.5 Å². The molecule has 3 aliphatic rings. The number of hydrogen-bond donors (Lipinski definition) is 0.